The van der Waals surface area contributed by atoms with Gasteiger partial charge in [0, 0.05) is 6.54 Å². The Balaban J connectivity index is 2.07. The van der Waals surface area contributed by atoms with Gasteiger partial charge in [0.1, 0.15) is 11.4 Å². The van der Waals surface area contributed by atoms with Gasteiger partial charge in [-0.3, -0.25) is 0 Å². The van der Waals surface area contributed by atoms with Crippen molar-refractivity contribution in [2.75, 3.05) is 20.2 Å². The summed E-state index contributed by atoms with van der Waals surface area (Å²) in [6.07, 6.45) is 1.49. The number of ether oxygens (including phenoxy) is 2. The van der Waals surface area contributed by atoms with Crippen molar-refractivity contribution in [1.82, 2.24) is 10.6 Å². The number of aliphatic imine (C=N–C) groups is 1. The highest BCUT2D eigenvalue weighted by molar-refractivity contribution is 5.79. The van der Waals surface area contributed by atoms with Crippen LogP contribution >= 0.6 is 0 Å². The number of guanidine groups is 1. The molecule has 0 saturated heterocycles. The van der Waals surface area contributed by atoms with Crippen molar-refractivity contribution in [3.05, 3.63) is 47.9 Å². The van der Waals surface area contributed by atoms with Crippen LogP contribution in [0.1, 0.15) is 25.2 Å². The van der Waals surface area contributed by atoms with Crippen LogP contribution < -0.4 is 20.1 Å². The second kappa shape index (κ2) is 9.93. The fourth-order valence-corrected chi connectivity index (χ4v) is 2.45. The third-order valence-electron chi connectivity index (χ3n) is 3.86. The molecule has 0 amide bonds. The smallest absolute Gasteiger partial charge is 0.387 e. The van der Waals surface area contributed by atoms with E-state index in [1.165, 1.54) is 19.4 Å². The van der Waals surface area contributed by atoms with E-state index in [4.69, 9.17) is 9.15 Å². The number of nitrogens with zero attached hydrogens (tertiary/aromatic N) is 1. The third-order valence-corrected chi connectivity index (χ3v) is 3.86. The zero-order valence-electron chi connectivity index (χ0n) is 16.0. The van der Waals surface area contributed by atoms with Gasteiger partial charge in [-0.2, -0.15) is 8.78 Å². The van der Waals surface area contributed by atoms with Crippen molar-refractivity contribution < 1.29 is 27.8 Å². The fourth-order valence-electron chi connectivity index (χ4n) is 2.45. The van der Waals surface area contributed by atoms with Crippen molar-refractivity contribution >= 4 is 5.96 Å². The standard InChI is InChI=1S/C19H25F2N3O4/c1-4-22-18(24-12-19(2,25)16-6-5-9-27-16)23-11-13-7-8-14(26-3)15(10-13)28-17(20)21/h5-10,17,25H,4,11-12H2,1-3H3,(H2,22,23,24). The molecule has 1 heterocycles. The zero-order chi connectivity index (χ0) is 20.6. The number of benzene rings is 1. The average Bonchev–Trinajstić information content (AvgIpc) is 3.19. The molecule has 0 bridgehead atoms. The summed E-state index contributed by atoms with van der Waals surface area (Å²) in [5.74, 6) is 1.05. The Morgan fingerprint density at radius 2 is 2.07 bits per heavy atom. The van der Waals surface area contributed by atoms with Crippen LogP contribution in [0.15, 0.2) is 46.0 Å². The molecule has 0 aliphatic heterocycles. The van der Waals surface area contributed by atoms with Crippen LogP contribution in [0.25, 0.3) is 0 Å². The Labute approximate surface area is 162 Å². The van der Waals surface area contributed by atoms with Gasteiger partial charge in [-0.1, -0.05) is 6.07 Å². The molecule has 154 valence electrons. The van der Waals surface area contributed by atoms with Crippen LogP contribution in [0.3, 0.4) is 0 Å². The molecule has 0 aliphatic carbocycles. The first-order chi connectivity index (χ1) is 13.4. The van der Waals surface area contributed by atoms with Crippen LogP contribution in [0.4, 0.5) is 8.78 Å². The van der Waals surface area contributed by atoms with Crippen LogP contribution in [0, 0.1) is 0 Å². The molecule has 2 rings (SSSR count). The first kappa shape index (κ1) is 21.5. The minimum absolute atomic E-state index is 0.0519. The van der Waals surface area contributed by atoms with Gasteiger partial charge in [0.25, 0.3) is 0 Å². The molecule has 3 N–H and O–H groups in total. The quantitative estimate of drug-likeness (QED) is 0.446. The molecule has 1 aromatic carbocycles. The Morgan fingerprint density at radius 3 is 2.68 bits per heavy atom. The van der Waals surface area contributed by atoms with E-state index in [1.54, 1.807) is 31.2 Å². The van der Waals surface area contributed by atoms with E-state index in [9.17, 15) is 13.9 Å². The third kappa shape index (κ3) is 6.12. The number of alkyl halides is 2. The van der Waals surface area contributed by atoms with Gasteiger partial charge in [-0.15, -0.1) is 0 Å². The Hall–Kier alpha value is -2.81. The highest BCUT2D eigenvalue weighted by Crippen LogP contribution is 2.29. The fraction of sp³-hybridized carbons (Fsp3) is 0.421. The topological polar surface area (TPSA) is 88.3 Å². The summed E-state index contributed by atoms with van der Waals surface area (Å²) in [5, 5.41) is 16.6. The number of methoxy groups -OCH3 is 1. The summed E-state index contributed by atoms with van der Waals surface area (Å²) in [4.78, 5) is 4.41. The van der Waals surface area contributed by atoms with Gasteiger partial charge in [-0.25, -0.2) is 4.99 Å². The van der Waals surface area contributed by atoms with Crippen LogP contribution in [-0.4, -0.2) is 37.9 Å². The molecule has 0 radical (unpaired) electrons. The molecule has 0 fully saturated rings. The van der Waals surface area contributed by atoms with Crippen molar-refractivity contribution in [2.45, 2.75) is 32.6 Å². The lowest BCUT2D eigenvalue weighted by Gasteiger charge is -2.22. The number of hydrogen-bond donors (Lipinski definition) is 3. The molecular formula is C19H25F2N3O4. The lowest BCUT2D eigenvalue weighted by Crippen LogP contribution is -2.44. The molecular weight excluding hydrogens is 372 g/mol. The van der Waals surface area contributed by atoms with Crippen molar-refractivity contribution in [1.29, 1.82) is 0 Å². The predicted molar refractivity (Wildman–Crippen MR) is 101 cm³/mol. The number of furan rings is 1. The highest BCUT2D eigenvalue weighted by atomic mass is 19.3. The van der Waals surface area contributed by atoms with Crippen molar-refractivity contribution in [2.24, 2.45) is 4.99 Å². The van der Waals surface area contributed by atoms with E-state index < -0.39 is 12.2 Å². The van der Waals surface area contributed by atoms with Crippen molar-refractivity contribution in [3.8, 4) is 11.5 Å². The molecule has 0 spiro atoms. The number of hydrogen-bond acceptors (Lipinski definition) is 5. The molecule has 9 heteroatoms. The summed E-state index contributed by atoms with van der Waals surface area (Å²) in [7, 11) is 1.38. The van der Waals surface area contributed by atoms with Gasteiger partial charge in [0.05, 0.1) is 26.5 Å². The minimum Gasteiger partial charge on any atom is -0.493 e. The largest absolute Gasteiger partial charge is 0.493 e. The van der Waals surface area contributed by atoms with Gasteiger partial charge in [-0.05, 0) is 43.7 Å². The van der Waals surface area contributed by atoms with Crippen LogP contribution in [0.5, 0.6) is 11.5 Å². The average molecular weight is 397 g/mol. The van der Waals surface area contributed by atoms with E-state index >= 15 is 0 Å². The molecule has 28 heavy (non-hydrogen) atoms. The molecule has 1 atom stereocenters. The van der Waals surface area contributed by atoms with Gasteiger partial charge in [0.2, 0.25) is 0 Å². The maximum absolute atomic E-state index is 12.6. The molecule has 0 aliphatic rings. The molecule has 1 unspecified atom stereocenters. The van der Waals surface area contributed by atoms with Crippen LogP contribution in [-0.2, 0) is 12.1 Å². The summed E-state index contributed by atoms with van der Waals surface area (Å²) >= 11 is 0. The normalized spacial score (nSPS) is 13.9. The molecule has 0 saturated carbocycles. The second-order valence-electron chi connectivity index (χ2n) is 6.16. The first-order valence-electron chi connectivity index (χ1n) is 8.76. The van der Waals surface area contributed by atoms with E-state index in [0.717, 1.165) is 0 Å². The maximum Gasteiger partial charge on any atom is 0.387 e. The van der Waals surface area contributed by atoms with E-state index in [0.29, 0.717) is 23.8 Å². The van der Waals surface area contributed by atoms with E-state index in [2.05, 4.69) is 20.4 Å². The van der Waals surface area contributed by atoms with Crippen LogP contribution in [0.2, 0.25) is 0 Å². The summed E-state index contributed by atoms with van der Waals surface area (Å²) in [6, 6.07) is 8.10. The Kier molecular flexibility index (Phi) is 7.62. The van der Waals surface area contributed by atoms with Gasteiger partial charge < -0.3 is 29.6 Å². The number of aliphatic hydroxyl groups is 1. The lowest BCUT2D eigenvalue weighted by molar-refractivity contribution is -0.0512. The predicted octanol–water partition coefficient (Wildman–Crippen LogP) is 2.85. The van der Waals surface area contributed by atoms with E-state index in [-0.39, 0.29) is 24.6 Å². The summed E-state index contributed by atoms with van der Waals surface area (Å²) < 4.78 is 39.9. The summed E-state index contributed by atoms with van der Waals surface area (Å²) in [5.41, 5.74) is -0.565. The molecule has 7 nitrogen and oxygen atoms in total. The second-order valence-corrected chi connectivity index (χ2v) is 6.16. The van der Waals surface area contributed by atoms with E-state index in [1.807, 2.05) is 6.92 Å². The number of halogens is 2. The first-order valence-corrected chi connectivity index (χ1v) is 8.76. The zero-order valence-corrected chi connectivity index (χ0v) is 16.0. The maximum atomic E-state index is 12.6. The molecule has 2 aromatic rings. The monoisotopic (exact) mass is 397 g/mol. The van der Waals surface area contributed by atoms with Gasteiger partial charge >= 0.3 is 6.61 Å². The SMILES string of the molecule is CCNC(=NCc1ccc(OC)c(OC(F)F)c1)NCC(C)(O)c1ccco1. The number of nitrogens with one attached hydrogen (secondary N) is 2. The Bertz CT molecular complexity index is 765. The lowest BCUT2D eigenvalue weighted by atomic mass is 10.0. The van der Waals surface area contributed by atoms with Crippen molar-refractivity contribution in [3.63, 3.8) is 0 Å². The molecule has 1 aromatic heterocycles. The Morgan fingerprint density at radius 1 is 1.29 bits per heavy atom. The summed E-state index contributed by atoms with van der Waals surface area (Å²) in [6.45, 7) is 1.56. The highest BCUT2D eigenvalue weighted by Gasteiger charge is 2.26. The number of rotatable bonds is 9. The minimum atomic E-state index is -2.95. The van der Waals surface area contributed by atoms with Gasteiger partial charge in [0.15, 0.2) is 17.5 Å².